The van der Waals surface area contributed by atoms with E-state index < -0.39 is 0 Å². The van der Waals surface area contributed by atoms with Crippen molar-refractivity contribution >= 4 is 17.2 Å². The van der Waals surface area contributed by atoms with Crippen molar-refractivity contribution in [2.24, 2.45) is 0 Å². The monoisotopic (exact) mass is 374 g/mol. The lowest BCUT2D eigenvalue weighted by Gasteiger charge is -2.27. The van der Waals surface area contributed by atoms with Crippen LogP contribution in [-0.4, -0.2) is 50.1 Å². The first-order valence-electron chi connectivity index (χ1n) is 8.83. The molecule has 1 fully saturated rings. The fourth-order valence-electron chi connectivity index (χ4n) is 3.49. The Kier molecular flexibility index (Phi) is 6.16. The number of likely N-dealkylation sites (tertiary alicyclic amines) is 1. The summed E-state index contributed by atoms with van der Waals surface area (Å²) in [6.07, 6.45) is 2.15. The van der Waals surface area contributed by atoms with Gasteiger partial charge in [0.2, 0.25) is 5.91 Å². The normalized spacial score (nSPS) is 17.3. The number of benzene rings is 1. The molecule has 1 saturated heterocycles. The summed E-state index contributed by atoms with van der Waals surface area (Å²) in [7, 11) is 5.17. The number of amides is 1. The van der Waals surface area contributed by atoms with Crippen LogP contribution in [-0.2, 0) is 11.3 Å². The third-order valence-corrected chi connectivity index (χ3v) is 5.65. The van der Waals surface area contributed by atoms with Gasteiger partial charge in [-0.3, -0.25) is 9.69 Å². The van der Waals surface area contributed by atoms with Gasteiger partial charge in [0.15, 0.2) is 11.5 Å². The molecule has 0 radical (unpaired) electrons. The van der Waals surface area contributed by atoms with E-state index in [0.29, 0.717) is 13.1 Å². The summed E-state index contributed by atoms with van der Waals surface area (Å²) in [5.74, 6) is 1.62. The summed E-state index contributed by atoms with van der Waals surface area (Å²) in [5, 5.41) is 4.13. The number of nitrogens with zero attached hydrogens (tertiary/aromatic N) is 2. The van der Waals surface area contributed by atoms with Gasteiger partial charge in [-0.05, 0) is 59.5 Å². The quantitative estimate of drug-likeness (QED) is 0.743. The third-order valence-electron chi connectivity index (χ3n) is 4.92. The van der Waals surface area contributed by atoms with E-state index in [1.807, 2.05) is 29.5 Å². The highest BCUT2D eigenvalue weighted by Gasteiger charge is 2.29. The molecule has 1 aliphatic heterocycles. The first kappa shape index (κ1) is 18.7. The molecule has 140 valence electrons. The fraction of sp³-hybridized carbons (Fsp3) is 0.450. The Labute approximate surface area is 159 Å². The van der Waals surface area contributed by atoms with Gasteiger partial charge in [-0.25, -0.2) is 0 Å². The predicted octanol–water partition coefficient (Wildman–Crippen LogP) is 3.56. The summed E-state index contributed by atoms with van der Waals surface area (Å²) in [5.41, 5.74) is 2.36. The van der Waals surface area contributed by atoms with Crippen molar-refractivity contribution in [1.29, 1.82) is 0 Å². The Morgan fingerprint density at radius 2 is 2.08 bits per heavy atom. The highest BCUT2D eigenvalue weighted by atomic mass is 32.1. The molecule has 1 unspecified atom stereocenters. The van der Waals surface area contributed by atoms with E-state index in [1.165, 1.54) is 11.1 Å². The van der Waals surface area contributed by atoms with E-state index in [0.717, 1.165) is 30.9 Å². The van der Waals surface area contributed by atoms with Gasteiger partial charge in [0.05, 0.1) is 20.8 Å². The zero-order valence-corrected chi connectivity index (χ0v) is 16.4. The third kappa shape index (κ3) is 4.19. The van der Waals surface area contributed by atoms with Crippen molar-refractivity contribution in [3.63, 3.8) is 0 Å². The van der Waals surface area contributed by atoms with E-state index in [9.17, 15) is 4.79 Å². The molecule has 0 N–H and O–H groups in total. The second-order valence-electron chi connectivity index (χ2n) is 6.62. The molecule has 1 aliphatic rings. The van der Waals surface area contributed by atoms with E-state index in [-0.39, 0.29) is 11.9 Å². The van der Waals surface area contributed by atoms with Crippen LogP contribution >= 0.6 is 11.3 Å². The summed E-state index contributed by atoms with van der Waals surface area (Å²) in [6, 6.07) is 8.35. The zero-order valence-electron chi connectivity index (χ0n) is 15.6. The molecule has 1 aromatic carbocycles. The van der Waals surface area contributed by atoms with Gasteiger partial charge in [-0.15, -0.1) is 0 Å². The Bertz CT molecular complexity index is 733. The summed E-state index contributed by atoms with van der Waals surface area (Å²) in [4.78, 5) is 16.8. The molecule has 26 heavy (non-hydrogen) atoms. The maximum atomic E-state index is 12.7. The standard InChI is InChI=1S/C20H26N2O3S/c1-21(12-15-8-10-26-14-15)20(23)13-22-9-4-5-17(22)16-6-7-18(24-2)19(11-16)25-3/h6-8,10-11,14,17H,4-5,9,12-13H2,1-3H3. The molecule has 1 aromatic heterocycles. The van der Waals surface area contributed by atoms with Crippen LogP contribution in [0.1, 0.15) is 30.0 Å². The fourth-order valence-corrected chi connectivity index (χ4v) is 4.15. The largest absolute Gasteiger partial charge is 0.493 e. The number of methoxy groups -OCH3 is 2. The molecular formula is C20H26N2O3S. The summed E-state index contributed by atoms with van der Waals surface area (Å²) < 4.78 is 10.8. The minimum Gasteiger partial charge on any atom is -0.493 e. The van der Waals surface area contributed by atoms with Crippen LogP contribution in [0.4, 0.5) is 0 Å². The van der Waals surface area contributed by atoms with Crippen molar-refractivity contribution in [2.45, 2.75) is 25.4 Å². The molecular weight excluding hydrogens is 348 g/mol. The van der Waals surface area contributed by atoms with Crippen molar-refractivity contribution in [1.82, 2.24) is 9.80 Å². The molecule has 0 spiro atoms. The van der Waals surface area contributed by atoms with Gasteiger partial charge in [-0.1, -0.05) is 6.07 Å². The van der Waals surface area contributed by atoms with E-state index in [1.54, 1.807) is 25.6 Å². The number of ether oxygens (including phenoxy) is 2. The van der Waals surface area contributed by atoms with Crippen LogP contribution in [0.5, 0.6) is 11.5 Å². The smallest absolute Gasteiger partial charge is 0.236 e. The Morgan fingerprint density at radius 1 is 1.27 bits per heavy atom. The lowest BCUT2D eigenvalue weighted by Crippen LogP contribution is -2.37. The number of rotatable bonds is 7. The van der Waals surface area contributed by atoms with Crippen LogP contribution < -0.4 is 9.47 Å². The van der Waals surface area contributed by atoms with Crippen molar-refractivity contribution in [3.8, 4) is 11.5 Å². The van der Waals surface area contributed by atoms with Gasteiger partial charge < -0.3 is 14.4 Å². The van der Waals surface area contributed by atoms with Gasteiger partial charge in [0, 0.05) is 19.6 Å². The second-order valence-corrected chi connectivity index (χ2v) is 7.40. The first-order chi connectivity index (χ1) is 12.6. The molecule has 0 bridgehead atoms. The van der Waals surface area contributed by atoms with Gasteiger partial charge in [0.25, 0.3) is 0 Å². The molecule has 1 amide bonds. The van der Waals surface area contributed by atoms with Gasteiger partial charge in [0.1, 0.15) is 0 Å². The highest BCUT2D eigenvalue weighted by Crippen LogP contribution is 2.36. The van der Waals surface area contributed by atoms with Crippen molar-refractivity contribution in [3.05, 3.63) is 46.2 Å². The number of likely N-dealkylation sites (N-methyl/N-ethyl adjacent to an activating group) is 1. The minimum absolute atomic E-state index is 0.156. The van der Waals surface area contributed by atoms with E-state index in [2.05, 4.69) is 22.4 Å². The molecule has 2 heterocycles. The zero-order chi connectivity index (χ0) is 18.5. The maximum absolute atomic E-state index is 12.7. The summed E-state index contributed by atoms with van der Waals surface area (Å²) in [6.45, 7) is 2.05. The molecule has 5 nitrogen and oxygen atoms in total. The van der Waals surface area contributed by atoms with Crippen LogP contribution in [0, 0.1) is 0 Å². The second kappa shape index (κ2) is 8.56. The van der Waals surface area contributed by atoms with E-state index in [4.69, 9.17) is 9.47 Å². The maximum Gasteiger partial charge on any atom is 0.236 e. The summed E-state index contributed by atoms with van der Waals surface area (Å²) >= 11 is 1.66. The average Bonchev–Trinajstić information content (AvgIpc) is 3.33. The lowest BCUT2D eigenvalue weighted by atomic mass is 10.0. The SMILES string of the molecule is COc1ccc(C2CCCN2CC(=O)N(C)Cc2ccsc2)cc1OC. The van der Waals surface area contributed by atoms with Crippen molar-refractivity contribution < 1.29 is 14.3 Å². The lowest BCUT2D eigenvalue weighted by molar-refractivity contribution is -0.131. The predicted molar refractivity (Wildman–Crippen MR) is 104 cm³/mol. The van der Waals surface area contributed by atoms with Crippen LogP contribution in [0.15, 0.2) is 35.0 Å². The van der Waals surface area contributed by atoms with Crippen LogP contribution in [0.3, 0.4) is 0 Å². The molecule has 0 aliphatic carbocycles. The van der Waals surface area contributed by atoms with Gasteiger partial charge >= 0.3 is 0 Å². The highest BCUT2D eigenvalue weighted by molar-refractivity contribution is 7.07. The Hall–Kier alpha value is -2.05. The topological polar surface area (TPSA) is 42.0 Å². The number of carbonyl (C=O) groups excluding carboxylic acids is 1. The van der Waals surface area contributed by atoms with Crippen LogP contribution in [0.2, 0.25) is 0 Å². The van der Waals surface area contributed by atoms with E-state index >= 15 is 0 Å². The number of thiophene rings is 1. The Morgan fingerprint density at radius 3 is 2.77 bits per heavy atom. The molecule has 2 aromatic rings. The molecule has 6 heteroatoms. The number of hydrogen-bond acceptors (Lipinski definition) is 5. The minimum atomic E-state index is 0.156. The average molecular weight is 375 g/mol. The van der Waals surface area contributed by atoms with Gasteiger partial charge in [-0.2, -0.15) is 11.3 Å². The number of hydrogen-bond donors (Lipinski definition) is 0. The van der Waals surface area contributed by atoms with Crippen LogP contribution in [0.25, 0.3) is 0 Å². The number of carbonyl (C=O) groups is 1. The Balaban J connectivity index is 1.67. The molecule has 0 saturated carbocycles. The molecule has 3 rings (SSSR count). The first-order valence-corrected chi connectivity index (χ1v) is 9.77. The van der Waals surface area contributed by atoms with Crippen molar-refractivity contribution in [2.75, 3.05) is 34.4 Å². The molecule has 1 atom stereocenters.